The summed E-state index contributed by atoms with van der Waals surface area (Å²) < 4.78 is 5.53. The summed E-state index contributed by atoms with van der Waals surface area (Å²) in [6.45, 7) is 4.42. The molecular weight excluding hydrogens is 140 g/mol. The van der Waals surface area contributed by atoms with Gasteiger partial charge in [-0.2, -0.15) is 0 Å². The third kappa shape index (κ3) is 1.62. The Morgan fingerprint density at radius 1 is 1.55 bits per heavy atom. The molecule has 0 aliphatic heterocycles. The lowest BCUT2D eigenvalue weighted by atomic mass is 9.77. The number of rotatable bonds is 4. The number of ketones is 1. The predicted octanol–water partition coefficient (Wildman–Crippen LogP) is 1.92. The van der Waals surface area contributed by atoms with E-state index in [1.807, 2.05) is 0 Å². The van der Waals surface area contributed by atoms with E-state index in [1.54, 1.807) is 6.92 Å². The number of carbonyl (C=O) groups excluding carboxylic acids is 1. The van der Waals surface area contributed by atoms with Crippen molar-refractivity contribution in [3.8, 4) is 0 Å². The fourth-order valence-corrected chi connectivity index (χ4v) is 1.39. The number of hydrogen-bond donors (Lipinski definition) is 0. The van der Waals surface area contributed by atoms with Crippen molar-refractivity contribution in [1.82, 2.24) is 0 Å². The van der Waals surface area contributed by atoms with Gasteiger partial charge < -0.3 is 4.74 Å². The summed E-state index contributed by atoms with van der Waals surface area (Å²) in [5.74, 6) is 0.206. The second-order valence-electron chi connectivity index (χ2n) is 3.25. The molecule has 0 saturated heterocycles. The predicted molar refractivity (Wildman–Crippen MR) is 43.5 cm³/mol. The van der Waals surface area contributed by atoms with E-state index >= 15 is 0 Å². The maximum Gasteiger partial charge on any atom is 0.161 e. The van der Waals surface area contributed by atoms with Crippen molar-refractivity contribution in [1.29, 1.82) is 0 Å². The van der Waals surface area contributed by atoms with Crippen molar-refractivity contribution >= 4 is 5.78 Å². The van der Waals surface area contributed by atoms with Gasteiger partial charge in [-0.15, -0.1) is 0 Å². The Bertz CT molecular complexity index is 148. The molecule has 0 aromatic heterocycles. The van der Waals surface area contributed by atoms with Crippen LogP contribution in [0.2, 0.25) is 0 Å². The Hall–Kier alpha value is -0.370. The molecule has 2 nitrogen and oxygen atoms in total. The fourth-order valence-electron chi connectivity index (χ4n) is 1.39. The highest BCUT2D eigenvalue weighted by Gasteiger charge is 2.42. The van der Waals surface area contributed by atoms with Crippen molar-refractivity contribution in [2.75, 3.05) is 6.61 Å². The van der Waals surface area contributed by atoms with Gasteiger partial charge >= 0.3 is 0 Å². The third-order valence-electron chi connectivity index (χ3n) is 2.39. The fraction of sp³-hybridized carbons (Fsp3) is 0.889. The Morgan fingerprint density at radius 2 is 2.18 bits per heavy atom. The van der Waals surface area contributed by atoms with Crippen LogP contribution >= 0.6 is 0 Å². The first-order chi connectivity index (χ1) is 5.21. The van der Waals surface area contributed by atoms with E-state index in [4.69, 9.17) is 4.74 Å². The minimum Gasteiger partial charge on any atom is -0.367 e. The standard InChI is InChI=1S/C9H16O2/c1-3-7-11-9(8(2)10)5-4-6-9/h3-7H2,1-2H3. The first-order valence-electron chi connectivity index (χ1n) is 4.36. The summed E-state index contributed by atoms with van der Waals surface area (Å²) in [6, 6.07) is 0. The molecule has 1 fully saturated rings. The second-order valence-corrected chi connectivity index (χ2v) is 3.25. The van der Waals surface area contributed by atoms with Crippen LogP contribution in [0.15, 0.2) is 0 Å². The van der Waals surface area contributed by atoms with Gasteiger partial charge in [0, 0.05) is 6.61 Å². The van der Waals surface area contributed by atoms with E-state index in [1.165, 1.54) is 0 Å². The Morgan fingerprint density at radius 3 is 2.45 bits per heavy atom. The Labute approximate surface area is 67.9 Å². The molecule has 0 atom stereocenters. The average molecular weight is 156 g/mol. The molecule has 0 bridgehead atoms. The van der Waals surface area contributed by atoms with Gasteiger partial charge in [-0.3, -0.25) is 4.79 Å². The van der Waals surface area contributed by atoms with Crippen LogP contribution in [-0.2, 0) is 9.53 Å². The molecule has 0 radical (unpaired) electrons. The van der Waals surface area contributed by atoms with Crippen LogP contribution in [0, 0.1) is 0 Å². The molecule has 0 unspecified atom stereocenters. The molecule has 1 aliphatic carbocycles. The average Bonchev–Trinajstić information content (AvgIpc) is 1.85. The highest BCUT2D eigenvalue weighted by atomic mass is 16.5. The molecule has 64 valence electrons. The molecule has 0 aromatic rings. The van der Waals surface area contributed by atoms with Crippen molar-refractivity contribution < 1.29 is 9.53 Å². The van der Waals surface area contributed by atoms with Crippen LogP contribution in [0.5, 0.6) is 0 Å². The summed E-state index contributed by atoms with van der Waals surface area (Å²) in [5.41, 5.74) is -0.365. The molecular formula is C9H16O2. The number of ether oxygens (including phenoxy) is 1. The molecule has 0 amide bonds. The van der Waals surface area contributed by atoms with E-state index in [2.05, 4.69) is 6.92 Å². The summed E-state index contributed by atoms with van der Waals surface area (Å²) >= 11 is 0. The lowest BCUT2D eigenvalue weighted by Gasteiger charge is -2.39. The van der Waals surface area contributed by atoms with Crippen LogP contribution in [0.1, 0.15) is 39.5 Å². The Balaban J connectivity index is 2.40. The van der Waals surface area contributed by atoms with Gasteiger partial charge in [0.15, 0.2) is 5.78 Å². The van der Waals surface area contributed by atoms with E-state index in [0.29, 0.717) is 0 Å². The minimum absolute atomic E-state index is 0.206. The molecule has 1 rings (SSSR count). The minimum atomic E-state index is -0.365. The third-order valence-corrected chi connectivity index (χ3v) is 2.39. The Kier molecular flexibility index (Phi) is 2.66. The van der Waals surface area contributed by atoms with Crippen molar-refractivity contribution in [2.24, 2.45) is 0 Å². The summed E-state index contributed by atoms with van der Waals surface area (Å²) in [4.78, 5) is 11.1. The summed E-state index contributed by atoms with van der Waals surface area (Å²) in [5, 5.41) is 0. The van der Waals surface area contributed by atoms with Crippen molar-refractivity contribution in [3.05, 3.63) is 0 Å². The SMILES string of the molecule is CCCOC1(C(C)=O)CCC1. The molecule has 1 aliphatic rings. The number of Topliss-reactive ketones (excluding diaryl/α,β-unsaturated/α-hetero) is 1. The quantitative estimate of drug-likeness (QED) is 0.621. The van der Waals surface area contributed by atoms with Gasteiger partial charge in [0.25, 0.3) is 0 Å². The zero-order chi connectivity index (χ0) is 8.32. The maximum atomic E-state index is 11.1. The molecule has 0 N–H and O–H groups in total. The maximum absolute atomic E-state index is 11.1. The van der Waals surface area contributed by atoms with Gasteiger partial charge in [-0.1, -0.05) is 6.92 Å². The smallest absolute Gasteiger partial charge is 0.161 e. The monoisotopic (exact) mass is 156 g/mol. The largest absolute Gasteiger partial charge is 0.367 e. The topological polar surface area (TPSA) is 26.3 Å². The normalized spacial score (nSPS) is 20.9. The first kappa shape index (κ1) is 8.72. The first-order valence-corrected chi connectivity index (χ1v) is 4.36. The zero-order valence-electron chi connectivity index (χ0n) is 7.35. The molecule has 2 heteroatoms. The second kappa shape index (κ2) is 3.35. The van der Waals surface area contributed by atoms with Gasteiger partial charge in [0.1, 0.15) is 5.60 Å². The van der Waals surface area contributed by atoms with Crippen LogP contribution in [-0.4, -0.2) is 18.0 Å². The highest BCUT2D eigenvalue weighted by Crippen LogP contribution is 2.36. The molecule has 11 heavy (non-hydrogen) atoms. The van der Waals surface area contributed by atoms with E-state index < -0.39 is 0 Å². The zero-order valence-corrected chi connectivity index (χ0v) is 7.35. The highest BCUT2D eigenvalue weighted by molar-refractivity contribution is 5.85. The van der Waals surface area contributed by atoms with Crippen LogP contribution in [0.4, 0.5) is 0 Å². The van der Waals surface area contributed by atoms with Crippen LogP contribution in [0.3, 0.4) is 0 Å². The molecule has 0 heterocycles. The molecule has 0 aromatic carbocycles. The van der Waals surface area contributed by atoms with Gasteiger partial charge in [0.05, 0.1) is 0 Å². The number of hydrogen-bond acceptors (Lipinski definition) is 2. The summed E-state index contributed by atoms with van der Waals surface area (Å²) in [7, 11) is 0. The van der Waals surface area contributed by atoms with Gasteiger partial charge in [0.2, 0.25) is 0 Å². The number of carbonyl (C=O) groups is 1. The van der Waals surface area contributed by atoms with E-state index in [-0.39, 0.29) is 11.4 Å². The van der Waals surface area contributed by atoms with Crippen molar-refractivity contribution in [2.45, 2.75) is 45.1 Å². The molecule has 0 spiro atoms. The van der Waals surface area contributed by atoms with Crippen molar-refractivity contribution in [3.63, 3.8) is 0 Å². The van der Waals surface area contributed by atoms with Gasteiger partial charge in [-0.05, 0) is 32.6 Å². The van der Waals surface area contributed by atoms with E-state index in [9.17, 15) is 4.79 Å². The molecule has 1 saturated carbocycles. The van der Waals surface area contributed by atoms with Crippen LogP contribution in [0.25, 0.3) is 0 Å². The lowest BCUT2D eigenvalue weighted by Crippen LogP contribution is -2.46. The lowest BCUT2D eigenvalue weighted by molar-refractivity contribution is -0.155. The van der Waals surface area contributed by atoms with E-state index in [0.717, 1.165) is 32.3 Å². The van der Waals surface area contributed by atoms with Crippen LogP contribution < -0.4 is 0 Å². The van der Waals surface area contributed by atoms with Gasteiger partial charge in [-0.25, -0.2) is 0 Å². The summed E-state index contributed by atoms with van der Waals surface area (Å²) in [6.07, 6.45) is 4.00.